The van der Waals surface area contributed by atoms with E-state index < -0.39 is 0 Å². The van der Waals surface area contributed by atoms with Crippen LogP contribution in [0.15, 0.2) is 22.8 Å². The number of rotatable bonds is 4. The largest absolute Gasteiger partial charge is 0.448 e. The highest BCUT2D eigenvalue weighted by molar-refractivity contribution is 9.10. The number of aromatic nitrogens is 1. The Morgan fingerprint density at radius 1 is 1.24 bits per heavy atom. The van der Waals surface area contributed by atoms with E-state index in [4.69, 9.17) is 4.74 Å². The molecule has 2 unspecified atom stereocenters. The predicted octanol–water partition coefficient (Wildman–Crippen LogP) is 2.64. The number of fused-ring (bicyclic) bond motifs is 2. The number of halogens is 1. The maximum absolute atomic E-state index is 11.4. The zero-order chi connectivity index (χ0) is 20.1. The summed E-state index contributed by atoms with van der Waals surface area (Å²) in [4.78, 5) is 22.1. The standard InChI is InChI=1S/C22H29BrN4O2/c1-25-6-8-27(9-7-25)22(29-13-28)14-10-16-15-4-3-5-18-20(15)17(21(23)24-18)11-19(16)26(2)12-14/h3-5,13-14,16,19,22,24H,6-12H2,1-2H3/t14?,16-,19-,22?/m0/s1. The van der Waals surface area contributed by atoms with Gasteiger partial charge in [0.1, 0.15) is 0 Å². The molecule has 0 saturated carbocycles. The zero-order valence-electron chi connectivity index (χ0n) is 17.1. The maximum Gasteiger partial charge on any atom is 0.294 e. The second-order valence-electron chi connectivity index (χ2n) is 8.96. The zero-order valence-corrected chi connectivity index (χ0v) is 18.7. The summed E-state index contributed by atoms with van der Waals surface area (Å²) in [6.07, 6.45) is 1.98. The SMILES string of the molecule is CN1CCN(C(OC=O)C2C[C@H]3c4cccc5[nH]c(Br)c(c45)C[C@@H]3N(C)C2)CC1. The van der Waals surface area contributed by atoms with E-state index in [0.717, 1.165) is 50.2 Å². The lowest BCUT2D eigenvalue weighted by molar-refractivity contribution is -0.156. The fourth-order valence-electron chi connectivity index (χ4n) is 5.86. The third-order valence-electron chi connectivity index (χ3n) is 7.33. The van der Waals surface area contributed by atoms with E-state index in [9.17, 15) is 4.79 Å². The Labute approximate surface area is 180 Å². The van der Waals surface area contributed by atoms with Crippen LogP contribution in [0.3, 0.4) is 0 Å². The lowest BCUT2D eigenvalue weighted by atomic mass is 9.72. The Kier molecular flexibility index (Phi) is 5.18. The average molecular weight is 461 g/mol. The molecule has 156 valence electrons. The van der Waals surface area contributed by atoms with Crippen molar-refractivity contribution in [3.8, 4) is 0 Å². The second-order valence-corrected chi connectivity index (χ2v) is 9.76. The molecule has 2 saturated heterocycles. The highest BCUT2D eigenvalue weighted by Crippen LogP contribution is 2.47. The molecule has 4 atom stereocenters. The molecule has 3 aliphatic rings. The Balaban J connectivity index is 1.47. The van der Waals surface area contributed by atoms with Crippen molar-refractivity contribution < 1.29 is 9.53 Å². The molecular formula is C22H29BrN4O2. The van der Waals surface area contributed by atoms with Gasteiger partial charge in [-0.05, 0) is 60.1 Å². The maximum atomic E-state index is 11.4. The van der Waals surface area contributed by atoms with Gasteiger partial charge in [0.15, 0.2) is 6.23 Å². The van der Waals surface area contributed by atoms with Crippen LogP contribution in [0.5, 0.6) is 0 Å². The molecule has 5 rings (SSSR count). The Morgan fingerprint density at radius 3 is 2.79 bits per heavy atom. The number of carbonyl (C=O) groups excluding carboxylic acids is 1. The van der Waals surface area contributed by atoms with Crippen molar-refractivity contribution in [3.05, 3.63) is 33.9 Å². The highest BCUT2D eigenvalue weighted by atomic mass is 79.9. The molecule has 2 aliphatic heterocycles. The lowest BCUT2D eigenvalue weighted by Gasteiger charge is -2.49. The van der Waals surface area contributed by atoms with Gasteiger partial charge in [-0.25, -0.2) is 0 Å². The van der Waals surface area contributed by atoms with Gasteiger partial charge in [-0.3, -0.25) is 9.69 Å². The van der Waals surface area contributed by atoms with E-state index in [-0.39, 0.29) is 6.23 Å². The van der Waals surface area contributed by atoms with Gasteiger partial charge in [0.2, 0.25) is 0 Å². The molecule has 1 aromatic heterocycles. The third kappa shape index (κ3) is 3.32. The molecule has 7 heteroatoms. The van der Waals surface area contributed by atoms with Gasteiger partial charge in [-0.15, -0.1) is 0 Å². The molecule has 1 N–H and O–H groups in total. The van der Waals surface area contributed by atoms with Crippen molar-refractivity contribution in [2.24, 2.45) is 5.92 Å². The van der Waals surface area contributed by atoms with Gasteiger partial charge in [-0.2, -0.15) is 0 Å². The molecule has 0 bridgehead atoms. The van der Waals surface area contributed by atoms with Crippen molar-refractivity contribution in [2.45, 2.75) is 31.0 Å². The van der Waals surface area contributed by atoms with E-state index in [1.54, 1.807) is 0 Å². The molecule has 1 aliphatic carbocycles. The molecule has 2 fully saturated rings. The Hall–Kier alpha value is -1.41. The minimum Gasteiger partial charge on any atom is -0.448 e. The number of piperidine rings is 1. The number of hydrogen-bond donors (Lipinski definition) is 1. The van der Waals surface area contributed by atoms with Crippen molar-refractivity contribution in [1.29, 1.82) is 0 Å². The molecule has 1 aromatic carbocycles. The van der Waals surface area contributed by atoms with E-state index in [0.29, 0.717) is 24.3 Å². The summed E-state index contributed by atoms with van der Waals surface area (Å²) in [5.74, 6) is 0.775. The van der Waals surface area contributed by atoms with Crippen molar-refractivity contribution in [1.82, 2.24) is 19.7 Å². The third-order valence-corrected chi connectivity index (χ3v) is 8.00. The van der Waals surface area contributed by atoms with Gasteiger partial charge in [0.25, 0.3) is 6.47 Å². The summed E-state index contributed by atoms with van der Waals surface area (Å²) < 4.78 is 6.84. The number of likely N-dealkylation sites (tertiary alicyclic amines) is 1. The highest BCUT2D eigenvalue weighted by Gasteiger charge is 2.44. The Morgan fingerprint density at radius 2 is 2.03 bits per heavy atom. The van der Waals surface area contributed by atoms with Crippen LogP contribution >= 0.6 is 15.9 Å². The summed E-state index contributed by atoms with van der Waals surface area (Å²) in [6.45, 7) is 5.56. The molecule has 0 spiro atoms. The number of hydrogen-bond acceptors (Lipinski definition) is 5. The normalized spacial score (nSPS) is 29.6. The van der Waals surface area contributed by atoms with Crippen LogP contribution in [-0.4, -0.2) is 85.2 Å². The van der Waals surface area contributed by atoms with Crippen LogP contribution in [0, 0.1) is 5.92 Å². The molecule has 29 heavy (non-hydrogen) atoms. The van der Waals surface area contributed by atoms with Gasteiger partial charge < -0.3 is 19.5 Å². The number of piperazine rings is 1. The first-order valence-electron chi connectivity index (χ1n) is 10.6. The van der Waals surface area contributed by atoms with Gasteiger partial charge in [-0.1, -0.05) is 12.1 Å². The van der Waals surface area contributed by atoms with Crippen LogP contribution in [0.2, 0.25) is 0 Å². The number of aromatic amines is 1. The van der Waals surface area contributed by atoms with E-state index in [1.165, 1.54) is 22.0 Å². The second kappa shape index (κ2) is 7.69. The van der Waals surface area contributed by atoms with E-state index in [1.807, 2.05) is 0 Å². The van der Waals surface area contributed by atoms with Crippen molar-refractivity contribution in [2.75, 3.05) is 46.8 Å². The van der Waals surface area contributed by atoms with Crippen molar-refractivity contribution in [3.63, 3.8) is 0 Å². The fraction of sp³-hybridized carbons (Fsp3) is 0.591. The number of nitrogens with one attached hydrogen (secondary N) is 1. The Bertz CT molecular complexity index is 908. The minimum atomic E-state index is -0.136. The molecule has 0 amide bonds. The number of likely N-dealkylation sites (N-methyl/N-ethyl adjacent to an activating group) is 2. The van der Waals surface area contributed by atoms with E-state index >= 15 is 0 Å². The first kappa shape index (κ1) is 19.5. The van der Waals surface area contributed by atoms with Crippen LogP contribution < -0.4 is 0 Å². The molecule has 6 nitrogen and oxygen atoms in total. The first-order valence-corrected chi connectivity index (χ1v) is 11.4. The number of ether oxygens (including phenoxy) is 1. The summed E-state index contributed by atoms with van der Waals surface area (Å²) in [5, 5.41) is 1.39. The summed E-state index contributed by atoms with van der Waals surface area (Å²) >= 11 is 3.74. The number of nitrogens with zero attached hydrogens (tertiary/aromatic N) is 3. The number of H-pyrrole nitrogens is 1. The summed E-state index contributed by atoms with van der Waals surface area (Å²) in [5.41, 5.74) is 4.06. The number of benzene rings is 1. The molecule has 2 aromatic rings. The first-order chi connectivity index (χ1) is 14.1. The smallest absolute Gasteiger partial charge is 0.294 e. The van der Waals surface area contributed by atoms with Gasteiger partial charge >= 0.3 is 0 Å². The topological polar surface area (TPSA) is 51.8 Å². The predicted molar refractivity (Wildman–Crippen MR) is 117 cm³/mol. The molecular weight excluding hydrogens is 432 g/mol. The number of carbonyl (C=O) groups is 1. The average Bonchev–Trinajstić information content (AvgIpc) is 3.04. The minimum absolute atomic E-state index is 0.136. The fourth-order valence-corrected chi connectivity index (χ4v) is 6.44. The van der Waals surface area contributed by atoms with Crippen LogP contribution in [-0.2, 0) is 16.0 Å². The quantitative estimate of drug-likeness (QED) is 0.710. The summed E-state index contributed by atoms with van der Waals surface area (Å²) in [6, 6.07) is 7.11. The van der Waals surface area contributed by atoms with Crippen LogP contribution in [0.1, 0.15) is 23.5 Å². The van der Waals surface area contributed by atoms with Crippen molar-refractivity contribution >= 4 is 33.3 Å². The lowest BCUT2D eigenvalue weighted by Crippen LogP contribution is -2.57. The molecule has 3 heterocycles. The van der Waals surface area contributed by atoms with E-state index in [2.05, 4.69) is 67.9 Å². The molecule has 0 radical (unpaired) electrons. The monoisotopic (exact) mass is 460 g/mol. The van der Waals surface area contributed by atoms with Gasteiger partial charge in [0, 0.05) is 61.5 Å². The van der Waals surface area contributed by atoms with Crippen LogP contribution in [0.25, 0.3) is 10.9 Å². The summed E-state index contributed by atoms with van der Waals surface area (Å²) in [7, 11) is 4.39. The van der Waals surface area contributed by atoms with Gasteiger partial charge in [0.05, 0.1) is 4.60 Å². The van der Waals surface area contributed by atoms with Crippen LogP contribution in [0.4, 0.5) is 0 Å².